The molecule has 0 fully saturated rings. The van der Waals surface area contributed by atoms with Gasteiger partial charge in [0.15, 0.2) is 0 Å². The number of rotatable bonds is 5. The Morgan fingerprint density at radius 3 is 2.20 bits per heavy atom. The maximum atomic E-state index is 10.0. The van der Waals surface area contributed by atoms with Crippen molar-refractivity contribution in [3.8, 4) is 0 Å². The Hall–Kier alpha value is -1.06. The molecule has 1 unspecified atom stereocenters. The van der Waals surface area contributed by atoms with Gasteiger partial charge in [0.2, 0.25) is 0 Å². The Kier molecular flexibility index (Phi) is 3.37. The normalized spacial score (nSPS) is 13.8. The summed E-state index contributed by atoms with van der Waals surface area (Å²) in [6, 6.07) is 0. The summed E-state index contributed by atoms with van der Waals surface area (Å²) >= 11 is 0. The molecule has 0 aliphatic carbocycles. The summed E-state index contributed by atoms with van der Waals surface area (Å²) in [5.41, 5.74) is 0. The number of hydrogen-bond donors (Lipinski definition) is 2. The van der Waals surface area contributed by atoms with E-state index in [-0.39, 0.29) is 19.3 Å². The topological polar surface area (TPSA) is 74.6 Å². The summed E-state index contributed by atoms with van der Waals surface area (Å²) in [7, 11) is 0. The Morgan fingerprint density at radius 2 is 1.80 bits per heavy atom. The largest absolute Gasteiger partial charge is 0.481 e. The van der Waals surface area contributed by atoms with Crippen LogP contribution in [0.4, 0.5) is 0 Å². The van der Waals surface area contributed by atoms with Gasteiger partial charge in [0.25, 0.3) is 0 Å². The van der Waals surface area contributed by atoms with E-state index in [1.54, 1.807) is 0 Å². The van der Waals surface area contributed by atoms with Gasteiger partial charge >= 0.3 is 11.9 Å². The van der Waals surface area contributed by atoms with Gasteiger partial charge in [0.1, 0.15) is 0 Å². The van der Waals surface area contributed by atoms with E-state index < -0.39 is 18.3 Å². The second-order valence-corrected chi connectivity index (χ2v) is 1.83. The van der Waals surface area contributed by atoms with Crippen LogP contribution in [0.1, 0.15) is 27.0 Å². The Labute approximate surface area is 59.9 Å². The van der Waals surface area contributed by atoms with E-state index in [0.717, 1.165) is 0 Å². The third kappa shape index (κ3) is 6.94. The molecule has 0 bridgehead atoms. The number of aliphatic carboxylic acids is 2. The van der Waals surface area contributed by atoms with E-state index in [1.807, 2.05) is 0 Å². The minimum atomic E-state index is -1.20. The maximum absolute atomic E-state index is 10.0. The zero-order chi connectivity index (χ0) is 8.85. The minimum absolute atomic E-state index is 0.0668. The van der Waals surface area contributed by atoms with Gasteiger partial charge in [-0.15, -0.1) is 0 Å². The predicted molar refractivity (Wildman–Crippen MR) is 33.7 cm³/mol. The van der Waals surface area contributed by atoms with E-state index >= 15 is 0 Å². The first kappa shape index (κ1) is 7.05. The lowest BCUT2D eigenvalue weighted by molar-refractivity contribution is -0.139. The monoisotopic (exact) mass is 147 g/mol. The molecule has 0 spiro atoms. The molecule has 0 aromatic heterocycles. The summed E-state index contributed by atoms with van der Waals surface area (Å²) in [6.07, 6.45) is -0.908. The van der Waals surface area contributed by atoms with Crippen LogP contribution in [-0.2, 0) is 9.59 Å². The van der Waals surface area contributed by atoms with Crippen LogP contribution in [0.25, 0.3) is 0 Å². The fourth-order valence-corrected chi connectivity index (χ4v) is 0.479. The van der Waals surface area contributed by atoms with Crippen molar-refractivity contribution in [2.75, 3.05) is 0 Å². The van der Waals surface area contributed by atoms with Crippen molar-refractivity contribution in [1.82, 2.24) is 0 Å². The molecule has 0 heterocycles. The molecule has 0 rings (SSSR count). The van der Waals surface area contributed by atoms with Gasteiger partial charge in [-0.25, -0.2) is 0 Å². The number of carboxylic acid groups (broad SMARTS) is 2. The molecule has 0 aliphatic rings. The van der Waals surface area contributed by atoms with Crippen molar-refractivity contribution < 1.29 is 21.2 Å². The highest BCUT2D eigenvalue weighted by atomic mass is 16.4. The molecule has 0 aromatic carbocycles. The Morgan fingerprint density at radius 1 is 1.20 bits per heavy atom. The molecule has 2 N–H and O–H groups in total. The number of carbonyl (C=O) groups is 2. The second kappa shape index (κ2) is 4.78. The molecule has 58 valence electrons. The van der Waals surface area contributed by atoms with Crippen molar-refractivity contribution in [2.45, 2.75) is 25.7 Å². The summed E-state index contributed by atoms with van der Waals surface area (Å²) in [5.74, 6) is -2.15. The van der Waals surface area contributed by atoms with Gasteiger partial charge in [-0.3, -0.25) is 9.59 Å². The summed E-state index contributed by atoms with van der Waals surface area (Å²) in [6.45, 7) is 0. The molecule has 0 aliphatic heterocycles. The van der Waals surface area contributed by atoms with Crippen LogP contribution in [0.15, 0.2) is 0 Å². The Bertz CT molecular complexity index is 157. The van der Waals surface area contributed by atoms with Gasteiger partial charge in [-0.05, 0) is 12.8 Å². The third-order valence-corrected chi connectivity index (χ3v) is 0.914. The van der Waals surface area contributed by atoms with Crippen LogP contribution in [0.2, 0.25) is 0 Å². The lowest BCUT2D eigenvalue weighted by Crippen LogP contribution is -1.97. The van der Waals surface area contributed by atoms with Crippen molar-refractivity contribution in [3.63, 3.8) is 0 Å². The van der Waals surface area contributed by atoms with Crippen LogP contribution in [0, 0.1) is 0 Å². The van der Waals surface area contributed by atoms with E-state index in [4.69, 9.17) is 11.6 Å². The maximum Gasteiger partial charge on any atom is 0.303 e. The molecule has 0 saturated heterocycles. The molecule has 1 atom stereocenters. The molecule has 0 radical (unpaired) electrons. The molecule has 0 amide bonds. The molecule has 0 saturated carbocycles. The fraction of sp³-hybridized carbons (Fsp3) is 0.667. The first-order chi connectivity index (χ1) is 5.04. The van der Waals surface area contributed by atoms with E-state index in [9.17, 15) is 9.59 Å². The quantitative estimate of drug-likeness (QED) is 0.600. The standard InChI is InChI=1S/C6H10O4/c7-5(8)3-1-2-4-6(9)10/h1-4H2,(H,7,8)(H,9,10)/i3D. The average molecular weight is 147 g/mol. The highest BCUT2D eigenvalue weighted by Gasteiger charge is 1.99. The first-order valence-corrected chi connectivity index (χ1v) is 2.91. The van der Waals surface area contributed by atoms with E-state index in [1.165, 1.54) is 0 Å². The lowest BCUT2D eigenvalue weighted by atomic mass is 10.2. The van der Waals surface area contributed by atoms with E-state index in [0.29, 0.717) is 0 Å². The predicted octanol–water partition coefficient (Wildman–Crippen LogP) is 0.716. The molecular formula is C6H10O4. The van der Waals surface area contributed by atoms with Crippen LogP contribution in [0.5, 0.6) is 0 Å². The van der Waals surface area contributed by atoms with Gasteiger partial charge in [0, 0.05) is 14.2 Å². The molecule has 4 nitrogen and oxygen atoms in total. The van der Waals surface area contributed by atoms with Crippen LogP contribution in [0.3, 0.4) is 0 Å². The number of hydrogen-bond acceptors (Lipinski definition) is 2. The SMILES string of the molecule is [2H]C(CCCC(=O)O)C(=O)O. The number of carboxylic acids is 2. The van der Waals surface area contributed by atoms with Gasteiger partial charge < -0.3 is 10.2 Å². The zero-order valence-electron chi connectivity index (χ0n) is 6.41. The smallest absolute Gasteiger partial charge is 0.303 e. The Balaban J connectivity index is 3.39. The minimum Gasteiger partial charge on any atom is -0.481 e. The molecule has 0 aromatic rings. The summed E-state index contributed by atoms with van der Waals surface area (Å²) in [4.78, 5) is 20.0. The van der Waals surface area contributed by atoms with Crippen molar-refractivity contribution in [3.05, 3.63) is 0 Å². The highest BCUT2D eigenvalue weighted by molar-refractivity contribution is 5.67. The molecule has 4 heteroatoms. The van der Waals surface area contributed by atoms with Crippen molar-refractivity contribution in [1.29, 1.82) is 0 Å². The summed E-state index contributed by atoms with van der Waals surface area (Å²) < 4.78 is 6.88. The molecule has 10 heavy (non-hydrogen) atoms. The highest BCUT2D eigenvalue weighted by Crippen LogP contribution is 1.98. The van der Waals surface area contributed by atoms with Crippen molar-refractivity contribution in [2.24, 2.45) is 0 Å². The second-order valence-electron chi connectivity index (χ2n) is 1.83. The third-order valence-electron chi connectivity index (χ3n) is 0.914. The lowest BCUT2D eigenvalue weighted by Gasteiger charge is -1.92. The van der Waals surface area contributed by atoms with Gasteiger partial charge in [-0.2, -0.15) is 0 Å². The average Bonchev–Trinajstić information content (AvgIpc) is 1.86. The van der Waals surface area contributed by atoms with Crippen molar-refractivity contribution >= 4 is 11.9 Å². The fourth-order valence-electron chi connectivity index (χ4n) is 0.479. The summed E-state index contributed by atoms with van der Waals surface area (Å²) in [5, 5.41) is 16.4. The van der Waals surface area contributed by atoms with Gasteiger partial charge in [0.05, 0.1) is 0 Å². The molecular weight excluding hydrogens is 136 g/mol. The van der Waals surface area contributed by atoms with E-state index in [2.05, 4.69) is 0 Å². The first-order valence-electron chi connectivity index (χ1n) is 3.48. The van der Waals surface area contributed by atoms with Gasteiger partial charge in [-0.1, -0.05) is 0 Å². The van der Waals surface area contributed by atoms with Crippen LogP contribution in [-0.4, -0.2) is 22.2 Å². The van der Waals surface area contributed by atoms with Crippen LogP contribution >= 0.6 is 0 Å². The zero-order valence-corrected chi connectivity index (χ0v) is 5.41. The van der Waals surface area contributed by atoms with Crippen LogP contribution < -0.4 is 0 Å².